The predicted molar refractivity (Wildman–Crippen MR) is 94.5 cm³/mol. The van der Waals surface area contributed by atoms with Crippen LogP contribution >= 0.6 is 11.6 Å². The zero-order valence-electron chi connectivity index (χ0n) is 13.7. The Morgan fingerprint density at radius 3 is 2.58 bits per heavy atom. The minimum absolute atomic E-state index is 0.0148. The van der Waals surface area contributed by atoms with Gasteiger partial charge in [0, 0.05) is 30.6 Å². The van der Waals surface area contributed by atoms with Crippen molar-refractivity contribution in [2.24, 2.45) is 11.8 Å². The minimum Gasteiger partial charge on any atom is -0.356 e. The van der Waals surface area contributed by atoms with Crippen molar-refractivity contribution >= 4 is 27.5 Å². The van der Waals surface area contributed by atoms with Crippen LogP contribution in [0.3, 0.4) is 0 Å². The van der Waals surface area contributed by atoms with E-state index >= 15 is 0 Å². The second-order valence-corrected chi connectivity index (χ2v) is 9.21. The summed E-state index contributed by atoms with van der Waals surface area (Å²) in [6.45, 7) is 1.72. The van der Waals surface area contributed by atoms with Gasteiger partial charge in [0.2, 0.25) is 15.9 Å². The number of amides is 1. The topological polar surface area (TPSA) is 66.5 Å². The van der Waals surface area contributed by atoms with Crippen LogP contribution in [0.25, 0.3) is 0 Å². The van der Waals surface area contributed by atoms with Gasteiger partial charge in [-0.25, -0.2) is 12.7 Å². The van der Waals surface area contributed by atoms with E-state index in [0.29, 0.717) is 25.6 Å². The molecule has 1 amide bonds. The zero-order chi connectivity index (χ0) is 17.3. The molecule has 2 unspecified atom stereocenters. The molecule has 0 spiro atoms. The molecule has 1 saturated heterocycles. The smallest absolute Gasteiger partial charge is 0.223 e. The second kappa shape index (κ2) is 7.02. The van der Waals surface area contributed by atoms with Gasteiger partial charge in [-0.1, -0.05) is 29.8 Å². The molecule has 1 saturated carbocycles. The van der Waals surface area contributed by atoms with Gasteiger partial charge in [0.1, 0.15) is 0 Å². The third kappa shape index (κ3) is 4.10. The molecule has 5 nitrogen and oxygen atoms in total. The lowest BCUT2D eigenvalue weighted by Crippen LogP contribution is -2.41. The molecule has 1 N–H and O–H groups in total. The fraction of sp³-hybridized carbons (Fsp3) is 0.588. The lowest BCUT2D eigenvalue weighted by Gasteiger charge is -2.30. The van der Waals surface area contributed by atoms with Crippen LogP contribution in [0.2, 0.25) is 5.02 Å². The Balaban J connectivity index is 1.44. The van der Waals surface area contributed by atoms with E-state index in [4.69, 9.17) is 11.6 Å². The van der Waals surface area contributed by atoms with Gasteiger partial charge in [-0.05, 0) is 42.7 Å². The minimum atomic E-state index is -3.09. The molecule has 0 radical (unpaired) electrons. The molecule has 0 aromatic heterocycles. The molecule has 1 aromatic carbocycles. The molecule has 3 rings (SSSR count). The van der Waals surface area contributed by atoms with E-state index in [9.17, 15) is 13.2 Å². The van der Waals surface area contributed by atoms with Crippen molar-refractivity contribution < 1.29 is 13.2 Å². The quantitative estimate of drug-likeness (QED) is 0.864. The molecular weight excluding hydrogens is 348 g/mol. The maximum Gasteiger partial charge on any atom is 0.223 e. The van der Waals surface area contributed by atoms with E-state index in [2.05, 4.69) is 5.32 Å². The van der Waals surface area contributed by atoms with Crippen molar-refractivity contribution in [3.8, 4) is 0 Å². The van der Waals surface area contributed by atoms with Crippen molar-refractivity contribution in [2.75, 3.05) is 25.9 Å². The van der Waals surface area contributed by atoms with E-state index in [-0.39, 0.29) is 17.7 Å². The van der Waals surface area contributed by atoms with Crippen LogP contribution in [0.15, 0.2) is 24.3 Å². The van der Waals surface area contributed by atoms with Crippen LogP contribution in [0.5, 0.6) is 0 Å². The number of nitrogens with one attached hydrogen (secondary N) is 1. The summed E-state index contributed by atoms with van der Waals surface area (Å²) in [6, 6.07) is 7.69. The number of rotatable bonds is 5. The molecule has 2 aliphatic rings. The van der Waals surface area contributed by atoms with Crippen molar-refractivity contribution in [3.63, 3.8) is 0 Å². The van der Waals surface area contributed by atoms with Gasteiger partial charge in [-0.3, -0.25) is 4.79 Å². The standard InChI is InChI=1S/C17H23ClN2O3S/c1-24(22,23)20-8-6-12(7-9-20)11-19-17(21)15-10-14(15)13-4-2-3-5-16(13)18/h2-5,12,14-15H,6-11H2,1H3,(H,19,21). The van der Waals surface area contributed by atoms with E-state index in [1.807, 2.05) is 24.3 Å². The monoisotopic (exact) mass is 370 g/mol. The summed E-state index contributed by atoms with van der Waals surface area (Å²) in [5.74, 6) is 0.682. The number of nitrogens with zero attached hydrogens (tertiary/aromatic N) is 1. The number of sulfonamides is 1. The van der Waals surface area contributed by atoms with Crippen LogP contribution in [0.1, 0.15) is 30.7 Å². The lowest BCUT2D eigenvalue weighted by molar-refractivity contribution is -0.122. The predicted octanol–water partition coefficient (Wildman–Crippen LogP) is 2.23. The Bertz CT molecular complexity index is 714. The van der Waals surface area contributed by atoms with Gasteiger partial charge < -0.3 is 5.32 Å². The van der Waals surface area contributed by atoms with Gasteiger partial charge in [0.15, 0.2) is 0 Å². The molecule has 2 fully saturated rings. The maximum atomic E-state index is 12.3. The zero-order valence-corrected chi connectivity index (χ0v) is 15.3. The summed E-state index contributed by atoms with van der Waals surface area (Å²) in [7, 11) is -3.09. The average Bonchev–Trinajstić information content (AvgIpc) is 3.33. The third-order valence-electron chi connectivity index (χ3n) is 5.04. The van der Waals surface area contributed by atoms with Crippen molar-refractivity contribution in [3.05, 3.63) is 34.9 Å². The van der Waals surface area contributed by atoms with Crippen molar-refractivity contribution in [1.82, 2.24) is 9.62 Å². The molecule has 1 aromatic rings. The Labute approximate surface area is 148 Å². The van der Waals surface area contributed by atoms with Gasteiger partial charge in [-0.15, -0.1) is 0 Å². The molecule has 1 aliphatic heterocycles. The Morgan fingerprint density at radius 2 is 1.96 bits per heavy atom. The second-order valence-electron chi connectivity index (χ2n) is 6.82. The average molecular weight is 371 g/mol. The number of piperidine rings is 1. The lowest BCUT2D eigenvalue weighted by atomic mass is 9.98. The highest BCUT2D eigenvalue weighted by molar-refractivity contribution is 7.88. The van der Waals surface area contributed by atoms with Crippen LogP contribution in [0, 0.1) is 11.8 Å². The van der Waals surface area contributed by atoms with Gasteiger partial charge in [0.25, 0.3) is 0 Å². The van der Waals surface area contributed by atoms with E-state index < -0.39 is 10.0 Å². The van der Waals surface area contributed by atoms with Gasteiger partial charge in [-0.2, -0.15) is 0 Å². The molecule has 2 atom stereocenters. The molecule has 132 valence electrons. The van der Waals surface area contributed by atoms with E-state index in [1.54, 1.807) is 0 Å². The first-order valence-electron chi connectivity index (χ1n) is 8.33. The third-order valence-corrected chi connectivity index (χ3v) is 6.69. The Kier molecular flexibility index (Phi) is 5.18. The van der Waals surface area contributed by atoms with Gasteiger partial charge in [0.05, 0.1) is 6.26 Å². The van der Waals surface area contributed by atoms with Crippen LogP contribution in [0.4, 0.5) is 0 Å². The number of hydrogen-bond donors (Lipinski definition) is 1. The molecule has 7 heteroatoms. The highest BCUT2D eigenvalue weighted by atomic mass is 35.5. The fourth-order valence-corrected chi connectivity index (χ4v) is 4.58. The summed E-state index contributed by atoms with van der Waals surface area (Å²) in [5.41, 5.74) is 1.06. The molecule has 0 bridgehead atoms. The van der Waals surface area contributed by atoms with E-state index in [1.165, 1.54) is 10.6 Å². The number of carbonyl (C=O) groups is 1. The summed E-state index contributed by atoms with van der Waals surface area (Å²) in [4.78, 5) is 12.3. The van der Waals surface area contributed by atoms with E-state index in [0.717, 1.165) is 29.8 Å². The van der Waals surface area contributed by atoms with Crippen LogP contribution in [-0.4, -0.2) is 44.5 Å². The maximum absolute atomic E-state index is 12.3. The van der Waals surface area contributed by atoms with Crippen LogP contribution in [-0.2, 0) is 14.8 Å². The first kappa shape index (κ1) is 17.7. The molecular formula is C17H23ClN2O3S. The van der Waals surface area contributed by atoms with Crippen molar-refractivity contribution in [1.29, 1.82) is 0 Å². The molecule has 24 heavy (non-hydrogen) atoms. The highest BCUT2D eigenvalue weighted by Crippen LogP contribution is 2.49. The normalized spacial score (nSPS) is 25.4. The SMILES string of the molecule is CS(=O)(=O)N1CCC(CNC(=O)C2CC2c2ccccc2Cl)CC1. The fourth-order valence-electron chi connectivity index (χ4n) is 3.43. The largest absolute Gasteiger partial charge is 0.356 e. The number of hydrogen-bond acceptors (Lipinski definition) is 3. The van der Waals surface area contributed by atoms with Crippen LogP contribution < -0.4 is 5.32 Å². The first-order chi connectivity index (χ1) is 11.4. The summed E-state index contributed by atoms with van der Waals surface area (Å²) in [5, 5.41) is 3.76. The number of benzene rings is 1. The summed E-state index contributed by atoms with van der Waals surface area (Å²) in [6.07, 6.45) is 3.69. The van der Waals surface area contributed by atoms with Gasteiger partial charge >= 0.3 is 0 Å². The van der Waals surface area contributed by atoms with Crippen molar-refractivity contribution in [2.45, 2.75) is 25.2 Å². The number of halogens is 1. The molecule has 1 heterocycles. The summed E-state index contributed by atoms with van der Waals surface area (Å²) < 4.78 is 24.5. The molecule has 1 aliphatic carbocycles. The number of carbonyl (C=O) groups excluding carboxylic acids is 1. The Morgan fingerprint density at radius 1 is 1.29 bits per heavy atom. The highest BCUT2D eigenvalue weighted by Gasteiger charge is 2.44. The first-order valence-corrected chi connectivity index (χ1v) is 10.6. The summed E-state index contributed by atoms with van der Waals surface area (Å²) >= 11 is 6.19. The Hall–Kier alpha value is -1.11.